The summed E-state index contributed by atoms with van der Waals surface area (Å²) in [5.74, 6) is 0.953. The molecule has 0 atom stereocenters. The molecule has 2 heterocycles. The second-order valence-corrected chi connectivity index (χ2v) is 6.36. The molecule has 1 aliphatic heterocycles. The predicted molar refractivity (Wildman–Crippen MR) is 88.0 cm³/mol. The minimum atomic E-state index is 0.799. The first-order valence-electron chi connectivity index (χ1n) is 7.77. The number of hydrogen-bond donors (Lipinski definition) is 0. The normalized spacial score (nSPS) is 16.0. The van der Waals surface area contributed by atoms with E-state index in [1.54, 1.807) is 11.3 Å². The molecule has 0 N–H and O–H groups in total. The molecule has 3 nitrogen and oxygen atoms in total. The summed E-state index contributed by atoms with van der Waals surface area (Å²) in [6.07, 6.45) is 7.07. The van der Waals surface area contributed by atoms with Crippen molar-refractivity contribution in [3.05, 3.63) is 35.8 Å². The SMILES string of the molecule is c1csc(-c2ccc(OCCCN3CCCCC3)cc2)n1. The molecule has 1 fully saturated rings. The summed E-state index contributed by atoms with van der Waals surface area (Å²) in [6.45, 7) is 4.50. The quantitative estimate of drug-likeness (QED) is 0.752. The zero-order chi connectivity index (χ0) is 14.3. The summed E-state index contributed by atoms with van der Waals surface area (Å²) in [4.78, 5) is 6.87. The van der Waals surface area contributed by atoms with E-state index in [4.69, 9.17) is 4.74 Å². The van der Waals surface area contributed by atoms with Gasteiger partial charge in [0.2, 0.25) is 0 Å². The largest absolute Gasteiger partial charge is 0.494 e. The Morgan fingerprint density at radius 3 is 2.62 bits per heavy atom. The van der Waals surface area contributed by atoms with Gasteiger partial charge in [0.15, 0.2) is 0 Å². The van der Waals surface area contributed by atoms with Gasteiger partial charge in [-0.2, -0.15) is 0 Å². The Morgan fingerprint density at radius 2 is 1.90 bits per heavy atom. The monoisotopic (exact) mass is 302 g/mol. The predicted octanol–water partition coefficient (Wildman–Crippen LogP) is 4.06. The molecule has 0 unspecified atom stereocenters. The van der Waals surface area contributed by atoms with Crippen LogP contribution in [0.25, 0.3) is 10.6 Å². The van der Waals surface area contributed by atoms with Crippen LogP contribution in [0.3, 0.4) is 0 Å². The fourth-order valence-electron chi connectivity index (χ4n) is 2.72. The summed E-state index contributed by atoms with van der Waals surface area (Å²) >= 11 is 1.66. The lowest BCUT2D eigenvalue weighted by Gasteiger charge is -2.26. The third-order valence-electron chi connectivity index (χ3n) is 3.87. The minimum Gasteiger partial charge on any atom is -0.494 e. The number of likely N-dealkylation sites (tertiary alicyclic amines) is 1. The van der Waals surface area contributed by atoms with Crippen molar-refractivity contribution in [3.8, 4) is 16.3 Å². The maximum atomic E-state index is 5.83. The van der Waals surface area contributed by atoms with E-state index in [2.05, 4.69) is 22.0 Å². The van der Waals surface area contributed by atoms with E-state index in [9.17, 15) is 0 Å². The van der Waals surface area contributed by atoms with Gasteiger partial charge in [-0.1, -0.05) is 6.42 Å². The number of hydrogen-bond acceptors (Lipinski definition) is 4. The van der Waals surface area contributed by atoms with E-state index in [0.29, 0.717) is 0 Å². The molecule has 3 rings (SSSR count). The molecule has 1 aromatic carbocycles. The average Bonchev–Trinajstić information content (AvgIpc) is 3.08. The Kier molecular flexibility index (Phi) is 5.24. The summed E-state index contributed by atoms with van der Waals surface area (Å²) in [6, 6.07) is 8.24. The number of thiazole rings is 1. The summed E-state index contributed by atoms with van der Waals surface area (Å²) in [7, 11) is 0. The molecule has 0 bridgehead atoms. The number of piperidine rings is 1. The van der Waals surface area contributed by atoms with Gasteiger partial charge in [-0.15, -0.1) is 11.3 Å². The molecule has 4 heteroatoms. The molecule has 21 heavy (non-hydrogen) atoms. The van der Waals surface area contributed by atoms with Crippen molar-refractivity contribution in [1.82, 2.24) is 9.88 Å². The van der Waals surface area contributed by atoms with Gasteiger partial charge in [-0.3, -0.25) is 0 Å². The molecule has 1 saturated heterocycles. The number of ether oxygens (including phenoxy) is 1. The Labute approximate surface area is 130 Å². The maximum absolute atomic E-state index is 5.83. The lowest BCUT2D eigenvalue weighted by Crippen LogP contribution is -2.31. The highest BCUT2D eigenvalue weighted by Crippen LogP contribution is 2.24. The first kappa shape index (κ1) is 14.5. The minimum absolute atomic E-state index is 0.799. The van der Waals surface area contributed by atoms with Crippen LogP contribution in [0.2, 0.25) is 0 Å². The van der Waals surface area contributed by atoms with Crippen molar-refractivity contribution in [1.29, 1.82) is 0 Å². The Morgan fingerprint density at radius 1 is 1.10 bits per heavy atom. The lowest BCUT2D eigenvalue weighted by atomic mass is 10.1. The fraction of sp³-hybridized carbons (Fsp3) is 0.471. The van der Waals surface area contributed by atoms with Gasteiger partial charge < -0.3 is 9.64 Å². The molecular formula is C17H22N2OS. The molecule has 1 aromatic heterocycles. The number of rotatable bonds is 6. The lowest BCUT2D eigenvalue weighted by molar-refractivity contribution is 0.205. The van der Waals surface area contributed by atoms with Crippen molar-refractivity contribution < 1.29 is 4.74 Å². The van der Waals surface area contributed by atoms with Crippen LogP contribution in [0.4, 0.5) is 0 Å². The van der Waals surface area contributed by atoms with Crippen molar-refractivity contribution in [3.63, 3.8) is 0 Å². The van der Waals surface area contributed by atoms with Crippen molar-refractivity contribution >= 4 is 11.3 Å². The summed E-state index contributed by atoms with van der Waals surface area (Å²) < 4.78 is 5.83. The van der Waals surface area contributed by atoms with Gasteiger partial charge in [-0.05, 0) is 56.6 Å². The van der Waals surface area contributed by atoms with Crippen LogP contribution >= 0.6 is 11.3 Å². The molecular weight excluding hydrogens is 280 g/mol. The second kappa shape index (κ2) is 7.57. The van der Waals surface area contributed by atoms with E-state index in [1.165, 1.54) is 32.4 Å². The van der Waals surface area contributed by atoms with Gasteiger partial charge in [0, 0.05) is 23.7 Å². The number of aromatic nitrogens is 1. The van der Waals surface area contributed by atoms with E-state index in [0.717, 1.165) is 35.9 Å². The standard InChI is InChI=1S/C17H22N2OS/c1-2-10-19(11-3-1)12-4-13-20-16-7-5-15(6-8-16)17-18-9-14-21-17/h5-9,14H,1-4,10-13H2. The van der Waals surface area contributed by atoms with Gasteiger partial charge >= 0.3 is 0 Å². The van der Waals surface area contributed by atoms with Gasteiger partial charge in [-0.25, -0.2) is 4.98 Å². The van der Waals surface area contributed by atoms with Crippen molar-refractivity contribution in [2.24, 2.45) is 0 Å². The van der Waals surface area contributed by atoms with Crippen LogP contribution in [0.1, 0.15) is 25.7 Å². The highest BCUT2D eigenvalue weighted by atomic mass is 32.1. The molecule has 0 aliphatic carbocycles. The van der Waals surface area contributed by atoms with E-state index in [-0.39, 0.29) is 0 Å². The van der Waals surface area contributed by atoms with Crippen LogP contribution in [0, 0.1) is 0 Å². The highest BCUT2D eigenvalue weighted by molar-refractivity contribution is 7.13. The first-order valence-corrected chi connectivity index (χ1v) is 8.65. The van der Waals surface area contributed by atoms with Gasteiger partial charge in [0.1, 0.15) is 10.8 Å². The van der Waals surface area contributed by atoms with Crippen molar-refractivity contribution in [2.45, 2.75) is 25.7 Å². The van der Waals surface area contributed by atoms with E-state index in [1.807, 2.05) is 23.7 Å². The van der Waals surface area contributed by atoms with Crippen molar-refractivity contribution in [2.75, 3.05) is 26.2 Å². The fourth-order valence-corrected chi connectivity index (χ4v) is 3.37. The Bertz CT molecular complexity index is 518. The first-order chi connectivity index (χ1) is 10.4. The topological polar surface area (TPSA) is 25.4 Å². The zero-order valence-electron chi connectivity index (χ0n) is 12.3. The average molecular weight is 302 g/mol. The van der Waals surface area contributed by atoms with Gasteiger partial charge in [0.25, 0.3) is 0 Å². The van der Waals surface area contributed by atoms with Gasteiger partial charge in [0.05, 0.1) is 6.61 Å². The van der Waals surface area contributed by atoms with Crippen LogP contribution in [0.5, 0.6) is 5.75 Å². The van der Waals surface area contributed by atoms with Crippen LogP contribution in [0.15, 0.2) is 35.8 Å². The highest BCUT2D eigenvalue weighted by Gasteiger charge is 2.09. The zero-order valence-corrected chi connectivity index (χ0v) is 13.1. The third-order valence-corrected chi connectivity index (χ3v) is 4.69. The molecule has 1 aliphatic rings. The molecule has 0 amide bonds. The molecule has 0 radical (unpaired) electrons. The second-order valence-electron chi connectivity index (χ2n) is 5.47. The van der Waals surface area contributed by atoms with E-state index >= 15 is 0 Å². The summed E-state index contributed by atoms with van der Waals surface area (Å²) in [5.41, 5.74) is 1.16. The Balaban J connectivity index is 1.41. The third kappa shape index (κ3) is 4.29. The van der Waals surface area contributed by atoms with Crippen LogP contribution in [-0.4, -0.2) is 36.1 Å². The molecule has 0 spiro atoms. The molecule has 2 aromatic rings. The smallest absolute Gasteiger partial charge is 0.123 e. The molecule has 112 valence electrons. The van der Waals surface area contributed by atoms with Crippen LogP contribution in [-0.2, 0) is 0 Å². The summed E-state index contributed by atoms with van der Waals surface area (Å²) in [5, 5.41) is 3.06. The van der Waals surface area contributed by atoms with Crippen LogP contribution < -0.4 is 4.74 Å². The Hall–Kier alpha value is -1.39. The van der Waals surface area contributed by atoms with E-state index < -0.39 is 0 Å². The molecule has 0 saturated carbocycles. The maximum Gasteiger partial charge on any atom is 0.123 e. The number of nitrogens with zero attached hydrogens (tertiary/aromatic N) is 2. The number of benzene rings is 1.